The number of nitrogens with one attached hydrogen (secondary N) is 3. The lowest BCUT2D eigenvalue weighted by atomic mass is 10.1. The fourth-order valence-electron chi connectivity index (χ4n) is 2.54. The predicted octanol–water partition coefficient (Wildman–Crippen LogP) is 1.45. The number of esters is 1. The van der Waals surface area contributed by atoms with Crippen LogP contribution in [-0.2, 0) is 30.5 Å². The van der Waals surface area contributed by atoms with Crippen LogP contribution in [0.2, 0.25) is 0 Å². The minimum absolute atomic E-state index is 0.0477. The van der Waals surface area contributed by atoms with E-state index in [1.165, 1.54) is 0 Å². The molecule has 3 N–H and O–H groups in total. The van der Waals surface area contributed by atoms with Crippen LogP contribution in [0.3, 0.4) is 0 Å². The average Bonchev–Trinajstić information content (AvgIpc) is 2.79. The molecule has 0 heterocycles. The van der Waals surface area contributed by atoms with Gasteiger partial charge in [0, 0.05) is 0 Å². The summed E-state index contributed by atoms with van der Waals surface area (Å²) in [6, 6.07) is 16.6. The molecule has 2 rings (SSSR count). The third kappa shape index (κ3) is 8.57. The van der Waals surface area contributed by atoms with Crippen molar-refractivity contribution in [3.05, 3.63) is 71.8 Å². The summed E-state index contributed by atoms with van der Waals surface area (Å²) in [5.74, 6) is -1.75. The highest BCUT2D eigenvalue weighted by atomic mass is 16.5. The van der Waals surface area contributed by atoms with E-state index < -0.39 is 29.9 Å². The van der Waals surface area contributed by atoms with Gasteiger partial charge in [0.25, 0.3) is 0 Å². The lowest BCUT2D eigenvalue weighted by Crippen LogP contribution is -2.45. The molecule has 31 heavy (non-hydrogen) atoms. The van der Waals surface area contributed by atoms with Crippen LogP contribution >= 0.6 is 0 Å². The van der Waals surface area contributed by atoms with E-state index in [0.29, 0.717) is 5.56 Å². The lowest BCUT2D eigenvalue weighted by Gasteiger charge is -2.18. The van der Waals surface area contributed by atoms with Crippen LogP contribution in [-0.4, -0.2) is 43.6 Å². The maximum Gasteiger partial charge on any atom is 0.408 e. The molecule has 0 aliphatic heterocycles. The molecule has 9 nitrogen and oxygen atoms in total. The Hall–Kier alpha value is -3.88. The smallest absolute Gasteiger partial charge is 0.408 e. The van der Waals surface area contributed by atoms with Crippen molar-refractivity contribution in [3.8, 4) is 0 Å². The van der Waals surface area contributed by atoms with E-state index in [-0.39, 0.29) is 26.3 Å². The highest BCUT2D eigenvalue weighted by Gasteiger charge is 2.24. The van der Waals surface area contributed by atoms with Gasteiger partial charge in [-0.15, -0.1) is 0 Å². The number of rotatable bonds is 10. The van der Waals surface area contributed by atoms with E-state index in [1.807, 2.05) is 30.3 Å². The largest absolute Gasteiger partial charge is 0.465 e. The Morgan fingerprint density at radius 2 is 1.48 bits per heavy atom. The monoisotopic (exact) mass is 427 g/mol. The molecule has 0 spiro atoms. The second-order valence-corrected chi connectivity index (χ2v) is 6.35. The highest BCUT2D eigenvalue weighted by molar-refractivity contribution is 5.91. The first-order valence-electron chi connectivity index (χ1n) is 9.71. The van der Waals surface area contributed by atoms with Gasteiger partial charge in [-0.25, -0.2) is 4.79 Å². The molecule has 0 saturated carbocycles. The van der Waals surface area contributed by atoms with Crippen molar-refractivity contribution >= 4 is 23.9 Å². The number of amides is 3. The summed E-state index contributed by atoms with van der Waals surface area (Å²) in [4.78, 5) is 48.0. The van der Waals surface area contributed by atoms with E-state index in [0.717, 1.165) is 5.56 Å². The van der Waals surface area contributed by atoms with Crippen LogP contribution in [0.4, 0.5) is 4.79 Å². The fourth-order valence-corrected chi connectivity index (χ4v) is 2.54. The van der Waals surface area contributed by atoms with Gasteiger partial charge in [0.1, 0.15) is 19.2 Å². The number of alkyl carbamates (subject to hydrolysis) is 1. The number of benzene rings is 2. The summed E-state index contributed by atoms with van der Waals surface area (Å²) in [7, 11) is 0. The van der Waals surface area contributed by atoms with Crippen molar-refractivity contribution in [2.24, 2.45) is 0 Å². The van der Waals surface area contributed by atoms with E-state index in [4.69, 9.17) is 9.47 Å². The second kappa shape index (κ2) is 12.6. The first kappa shape index (κ1) is 23.4. The number of carbonyl (C=O) groups excluding carboxylic acids is 4. The quantitative estimate of drug-likeness (QED) is 0.493. The molecule has 9 heteroatoms. The first-order valence-corrected chi connectivity index (χ1v) is 9.71. The normalized spacial score (nSPS) is 11.0. The van der Waals surface area contributed by atoms with Crippen LogP contribution in [0.1, 0.15) is 24.1 Å². The molecule has 0 fully saturated rings. The molecule has 2 aromatic rings. The molecular weight excluding hydrogens is 402 g/mol. The summed E-state index contributed by atoms with van der Waals surface area (Å²) in [6.07, 6.45) is -0.778. The van der Waals surface area contributed by atoms with Crippen molar-refractivity contribution in [1.29, 1.82) is 0 Å². The summed E-state index contributed by atoms with van der Waals surface area (Å²) >= 11 is 0. The van der Waals surface area contributed by atoms with Crippen molar-refractivity contribution < 1.29 is 28.7 Å². The zero-order valence-corrected chi connectivity index (χ0v) is 17.1. The third-order valence-electron chi connectivity index (χ3n) is 4.03. The second-order valence-electron chi connectivity index (χ2n) is 6.35. The van der Waals surface area contributed by atoms with Gasteiger partial charge in [0.2, 0.25) is 11.8 Å². The third-order valence-corrected chi connectivity index (χ3v) is 4.03. The molecule has 3 amide bonds. The minimum atomic E-state index is -1.07. The van der Waals surface area contributed by atoms with E-state index in [2.05, 4.69) is 16.0 Å². The van der Waals surface area contributed by atoms with Crippen LogP contribution in [0.25, 0.3) is 0 Å². The maximum atomic E-state index is 12.6. The molecule has 0 aliphatic carbocycles. The molecule has 0 radical (unpaired) electrons. The number of hydrogen-bond acceptors (Lipinski definition) is 6. The Labute approximate surface area is 180 Å². The zero-order chi connectivity index (χ0) is 22.5. The summed E-state index contributed by atoms with van der Waals surface area (Å²) in [5.41, 5.74) is 1.32. The fraction of sp³-hybridized carbons (Fsp3) is 0.273. The van der Waals surface area contributed by atoms with Gasteiger partial charge in [-0.3, -0.25) is 14.4 Å². The Balaban J connectivity index is 1.91. The number of hydrogen-bond donors (Lipinski definition) is 3. The van der Waals surface area contributed by atoms with Gasteiger partial charge in [0.05, 0.1) is 13.2 Å². The summed E-state index contributed by atoms with van der Waals surface area (Å²) in [5, 5.41) is 7.30. The first-order chi connectivity index (χ1) is 15.0. The maximum absolute atomic E-state index is 12.6. The molecule has 0 aromatic heterocycles. The molecule has 1 unspecified atom stereocenters. The Morgan fingerprint density at radius 3 is 2.13 bits per heavy atom. The summed E-state index contributed by atoms with van der Waals surface area (Å²) < 4.78 is 9.89. The van der Waals surface area contributed by atoms with Crippen LogP contribution < -0.4 is 16.0 Å². The molecule has 0 aliphatic rings. The Kier molecular flexibility index (Phi) is 9.54. The predicted molar refractivity (Wildman–Crippen MR) is 112 cm³/mol. The van der Waals surface area contributed by atoms with Gasteiger partial charge in [-0.2, -0.15) is 0 Å². The standard InChI is InChI=1S/C22H25N3O6/c1-2-30-19(27)14-23-18(26)13-24-21(28)20(17-11-7-4-8-12-17)25-22(29)31-15-16-9-5-3-6-10-16/h3-12,20H,2,13-15H2,1H3,(H,23,26)(H,24,28)(H,25,29). The van der Waals surface area contributed by atoms with Crippen LogP contribution in [0, 0.1) is 0 Å². The van der Waals surface area contributed by atoms with Gasteiger partial charge < -0.3 is 25.4 Å². The van der Waals surface area contributed by atoms with Gasteiger partial charge >= 0.3 is 12.1 Å². The van der Waals surface area contributed by atoms with Crippen molar-refractivity contribution in [1.82, 2.24) is 16.0 Å². The van der Waals surface area contributed by atoms with Gasteiger partial charge in [-0.1, -0.05) is 60.7 Å². The van der Waals surface area contributed by atoms with E-state index in [9.17, 15) is 19.2 Å². The molecule has 1 atom stereocenters. The van der Waals surface area contributed by atoms with E-state index in [1.54, 1.807) is 37.3 Å². The highest BCUT2D eigenvalue weighted by Crippen LogP contribution is 2.13. The van der Waals surface area contributed by atoms with Crippen molar-refractivity contribution in [3.63, 3.8) is 0 Å². The number of carbonyl (C=O) groups is 4. The molecule has 0 saturated heterocycles. The summed E-state index contributed by atoms with van der Waals surface area (Å²) in [6.45, 7) is 1.24. The van der Waals surface area contributed by atoms with Crippen molar-refractivity contribution in [2.75, 3.05) is 19.7 Å². The van der Waals surface area contributed by atoms with Crippen LogP contribution in [0.15, 0.2) is 60.7 Å². The minimum Gasteiger partial charge on any atom is -0.465 e. The molecule has 2 aromatic carbocycles. The molecular formula is C22H25N3O6. The van der Waals surface area contributed by atoms with E-state index >= 15 is 0 Å². The van der Waals surface area contributed by atoms with Gasteiger partial charge in [-0.05, 0) is 18.1 Å². The van der Waals surface area contributed by atoms with Crippen molar-refractivity contribution in [2.45, 2.75) is 19.6 Å². The van der Waals surface area contributed by atoms with Crippen LogP contribution in [0.5, 0.6) is 0 Å². The molecule has 0 bridgehead atoms. The topological polar surface area (TPSA) is 123 Å². The molecule has 164 valence electrons. The Morgan fingerprint density at radius 1 is 0.839 bits per heavy atom. The van der Waals surface area contributed by atoms with Gasteiger partial charge in [0.15, 0.2) is 0 Å². The lowest BCUT2D eigenvalue weighted by molar-refractivity contribution is -0.143. The average molecular weight is 427 g/mol. The SMILES string of the molecule is CCOC(=O)CNC(=O)CNC(=O)C(NC(=O)OCc1ccccc1)c1ccccc1. The zero-order valence-electron chi connectivity index (χ0n) is 17.1. The Bertz CT molecular complexity index is 873. The number of ether oxygens (including phenoxy) is 2.